The molecular formula is C26H48N6O2+2. The first-order valence-electron chi connectivity index (χ1n) is 13.1. The van der Waals surface area contributed by atoms with E-state index in [9.17, 15) is 0 Å². The Morgan fingerprint density at radius 1 is 0.765 bits per heavy atom. The Labute approximate surface area is 207 Å². The van der Waals surface area contributed by atoms with Crippen molar-refractivity contribution in [3.05, 3.63) is 0 Å². The number of hydrogen-bond acceptors (Lipinski definition) is 6. The summed E-state index contributed by atoms with van der Waals surface area (Å²) < 4.78 is 13.0. The summed E-state index contributed by atoms with van der Waals surface area (Å²) in [6.45, 7) is 19.1. The van der Waals surface area contributed by atoms with Crippen molar-refractivity contribution in [1.82, 2.24) is 0 Å². The number of hydrogen-bond donors (Lipinski definition) is 0. The van der Waals surface area contributed by atoms with E-state index in [0.717, 1.165) is 114 Å². The van der Waals surface area contributed by atoms with Crippen LogP contribution in [0.5, 0.6) is 0 Å². The maximum Gasteiger partial charge on any atom is 0.102 e. The quantitative estimate of drug-likeness (QED) is 0.379. The third-order valence-corrected chi connectivity index (χ3v) is 7.94. The van der Waals surface area contributed by atoms with Gasteiger partial charge >= 0.3 is 0 Å². The molecule has 3 aliphatic rings. The van der Waals surface area contributed by atoms with Crippen LogP contribution >= 0.6 is 0 Å². The Balaban J connectivity index is 1.47. The zero-order valence-electron chi connectivity index (χ0n) is 22.4. The molecule has 8 heteroatoms. The second kappa shape index (κ2) is 12.0. The summed E-state index contributed by atoms with van der Waals surface area (Å²) in [5, 5.41) is 0. The van der Waals surface area contributed by atoms with Crippen LogP contribution < -0.4 is 0 Å². The van der Waals surface area contributed by atoms with E-state index < -0.39 is 0 Å². The number of aliphatic imine (C=N–C) groups is 4. The van der Waals surface area contributed by atoms with Crippen molar-refractivity contribution in [2.45, 2.75) is 46.1 Å². The molecule has 0 bridgehead atoms. The van der Waals surface area contributed by atoms with Gasteiger partial charge in [0.25, 0.3) is 0 Å². The van der Waals surface area contributed by atoms with Gasteiger partial charge in [-0.05, 0) is 30.1 Å². The van der Waals surface area contributed by atoms with E-state index in [-0.39, 0.29) is 16.9 Å². The molecule has 3 fully saturated rings. The zero-order valence-corrected chi connectivity index (χ0v) is 22.4. The van der Waals surface area contributed by atoms with Crippen LogP contribution in [0.3, 0.4) is 0 Å². The molecule has 34 heavy (non-hydrogen) atoms. The van der Waals surface area contributed by atoms with E-state index >= 15 is 0 Å². The van der Waals surface area contributed by atoms with Crippen LogP contribution in [0.15, 0.2) is 20.0 Å². The monoisotopic (exact) mass is 476 g/mol. The van der Waals surface area contributed by atoms with E-state index in [0.29, 0.717) is 0 Å². The minimum Gasteiger partial charge on any atom is -0.370 e. The molecule has 2 unspecified atom stereocenters. The molecule has 2 heterocycles. The standard InChI is InChI=1S/C26H48N6O2/c1-25(2)18-24(30-23-28-7-9-32(5)12-16-34-17-13-32)19-26(3,20-25)21-29-22-27-6-8-31(4)10-14-33-15-11-31/h24H,6-21H2,1-5H3/q+2. The highest BCUT2D eigenvalue weighted by Gasteiger charge is 2.41. The van der Waals surface area contributed by atoms with Gasteiger partial charge < -0.3 is 18.4 Å². The minimum absolute atomic E-state index is 0.106. The second-order valence-corrected chi connectivity index (χ2v) is 12.4. The average Bonchev–Trinajstić information content (AvgIpc) is 2.75. The molecule has 0 amide bonds. The van der Waals surface area contributed by atoms with Gasteiger partial charge in [-0.25, -0.2) is 20.0 Å². The SMILES string of the molecule is CC1(C)CC(N=C=NCC[N+]2(C)CCOCC2)CC(C)(CN=C=NCC[N+]2(C)CCOCC2)C1. The maximum absolute atomic E-state index is 5.48. The summed E-state index contributed by atoms with van der Waals surface area (Å²) in [7, 11) is 4.58. The van der Waals surface area contributed by atoms with Crippen molar-refractivity contribution in [3.63, 3.8) is 0 Å². The first-order chi connectivity index (χ1) is 16.1. The minimum atomic E-state index is 0.106. The van der Waals surface area contributed by atoms with E-state index in [1.807, 2.05) is 0 Å². The fourth-order valence-electron chi connectivity index (χ4n) is 5.89. The van der Waals surface area contributed by atoms with Gasteiger partial charge in [-0.3, -0.25) is 0 Å². The maximum atomic E-state index is 5.48. The summed E-state index contributed by atoms with van der Waals surface area (Å²) in [6.07, 6.45) is 3.24. The van der Waals surface area contributed by atoms with Crippen LogP contribution in [-0.2, 0) is 9.47 Å². The van der Waals surface area contributed by atoms with Gasteiger partial charge in [-0.2, -0.15) is 0 Å². The van der Waals surface area contributed by atoms with Crippen molar-refractivity contribution in [3.8, 4) is 0 Å². The highest BCUT2D eigenvalue weighted by atomic mass is 16.5. The molecule has 1 saturated carbocycles. The highest BCUT2D eigenvalue weighted by molar-refractivity contribution is 5.42. The number of rotatable bonds is 9. The van der Waals surface area contributed by atoms with Crippen LogP contribution in [0.25, 0.3) is 0 Å². The number of ether oxygens (including phenoxy) is 2. The van der Waals surface area contributed by atoms with E-state index in [1.165, 1.54) is 0 Å². The highest BCUT2D eigenvalue weighted by Crippen LogP contribution is 2.47. The van der Waals surface area contributed by atoms with E-state index in [2.05, 4.69) is 61.9 Å². The van der Waals surface area contributed by atoms with Crippen molar-refractivity contribution in [2.24, 2.45) is 30.8 Å². The topological polar surface area (TPSA) is 67.9 Å². The molecule has 2 aliphatic heterocycles. The Morgan fingerprint density at radius 3 is 1.85 bits per heavy atom. The predicted molar refractivity (Wildman–Crippen MR) is 137 cm³/mol. The van der Waals surface area contributed by atoms with Crippen molar-refractivity contribution in [2.75, 3.05) is 99.4 Å². The lowest BCUT2D eigenvalue weighted by molar-refractivity contribution is -0.915. The summed E-state index contributed by atoms with van der Waals surface area (Å²) in [5.74, 6) is 0. The molecule has 2 saturated heterocycles. The van der Waals surface area contributed by atoms with Gasteiger partial charge in [0, 0.05) is 0 Å². The lowest BCUT2D eigenvalue weighted by atomic mass is 9.63. The summed E-state index contributed by atoms with van der Waals surface area (Å²) in [4.78, 5) is 18.3. The van der Waals surface area contributed by atoms with E-state index in [1.54, 1.807) is 0 Å². The molecule has 1 aliphatic carbocycles. The molecule has 2 atom stereocenters. The van der Waals surface area contributed by atoms with Gasteiger partial charge in [-0.1, -0.05) is 20.8 Å². The van der Waals surface area contributed by atoms with E-state index in [4.69, 9.17) is 14.5 Å². The third kappa shape index (κ3) is 8.99. The molecular weight excluding hydrogens is 428 g/mol. The van der Waals surface area contributed by atoms with Crippen LogP contribution in [0.4, 0.5) is 0 Å². The van der Waals surface area contributed by atoms with Gasteiger partial charge in [0.15, 0.2) is 0 Å². The molecule has 0 aromatic carbocycles. The van der Waals surface area contributed by atoms with Gasteiger partial charge in [0.1, 0.15) is 26.2 Å². The fraction of sp³-hybridized carbons (Fsp3) is 0.923. The normalized spacial score (nSPS) is 29.9. The van der Waals surface area contributed by atoms with Crippen LogP contribution in [0.1, 0.15) is 40.0 Å². The summed E-state index contributed by atoms with van der Waals surface area (Å²) >= 11 is 0. The molecule has 0 spiro atoms. The Hall–Kier alpha value is -1.40. The number of nitrogens with zero attached hydrogens (tertiary/aromatic N) is 6. The first-order valence-corrected chi connectivity index (χ1v) is 13.1. The van der Waals surface area contributed by atoms with Gasteiger partial charge in [0.2, 0.25) is 0 Å². The van der Waals surface area contributed by atoms with Gasteiger partial charge in [0.05, 0.1) is 91.3 Å². The number of quaternary nitrogens is 2. The predicted octanol–water partition coefficient (Wildman–Crippen LogP) is 2.87. The Morgan fingerprint density at radius 2 is 1.29 bits per heavy atom. The third-order valence-electron chi connectivity index (χ3n) is 7.94. The van der Waals surface area contributed by atoms with Crippen LogP contribution in [0, 0.1) is 10.8 Å². The Kier molecular flexibility index (Phi) is 9.62. The Bertz CT molecular complexity index is 772. The molecule has 0 aromatic rings. The largest absolute Gasteiger partial charge is 0.370 e. The molecule has 192 valence electrons. The van der Waals surface area contributed by atoms with Crippen molar-refractivity contribution >= 4 is 12.0 Å². The lowest BCUT2D eigenvalue weighted by Crippen LogP contribution is -2.53. The average molecular weight is 477 g/mol. The molecule has 8 nitrogen and oxygen atoms in total. The second-order valence-electron chi connectivity index (χ2n) is 12.4. The van der Waals surface area contributed by atoms with Crippen LogP contribution in [-0.4, -0.2) is 126 Å². The number of likely N-dealkylation sites (N-methyl/N-ethyl adjacent to an activating group) is 2. The lowest BCUT2D eigenvalue weighted by Gasteiger charge is -2.44. The first kappa shape index (κ1) is 27.2. The van der Waals surface area contributed by atoms with Gasteiger partial charge in [-0.15, -0.1) is 0 Å². The molecule has 3 rings (SSSR count). The summed E-state index contributed by atoms with van der Waals surface area (Å²) in [5.41, 5.74) is 0.340. The fourth-order valence-corrected chi connectivity index (χ4v) is 5.89. The molecule has 0 aromatic heterocycles. The van der Waals surface area contributed by atoms with Crippen LogP contribution in [0.2, 0.25) is 0 Å². The number of morpholine rings is 2. The molecule has 0 N–H and O–H groups in total. The van der Waals surface area contributed by atoms with Crippen molar-refractivity contribution < 1.29 is 18.4 Å². The summed E-state index contributed by atoms with van der Waals surface area (Å²) in [6, 6.07) is 6.28. The van der Waals surface area contributed by atoms with Crippen molar-refractivity contribution in [1.29, 1.82) is 0 Å². The zero-order chi connectivity index (χ0) is 24.5. The molecule has 0 radical (unpaired) electrons. The smallest absolute Gasteiger partial charge is 0.102 e.